The van der Waals surface area contributed by atoms with Gasteiger partial charge in [0.1, 0.15) is 0 Å². The van der Waals surface area contributed by atoms with Crippen LogP contribution in [0.1, 0.15) is 35.3 Å². The third-order valence-electron chi connectivity index (χ3n) is 5.06. The number of hydrogen-bond donors (Lipinski definition) is 3. The van der Waals surface area contributed by atoms with Gasteiger partial charge < -0.3 is 20.8 Å². The van der Waals surface area contributed by atoms with Crippen LogP contribution in [0, 0.1) is 5.41 Å². The summed E-state index contributed by atoms with van der Waals surface area (Å²) >= 11 is 0. The van der Waals surface area contributed by atoms with Crippen molar-refractivity contribution in [2.45, 2.75) is 37.6 Å². The molecule has 2 heterocycles. The second-order valence-electron chi connectivity index (χ2n) is 6.28. The maximum Gasteiger partial charge on any atom is 0.434 e. The SMILES string of the molecule is Nc1ncc(C(=O)N2CCC3(CC2)[C@H](O)C[C@@H]3O)c(C(F)(F)F)n1. The highest BCUT2D eigenvalue weighted by atomic mass is 19.4. The number of nitrogens with two attached hydrogens (primary N) is 1. The standard InChI is InChI=1S/C14H17F3N4O3/c15-14(16,17)10-7(6-19-12(18)20-10)11(24)21-3-1-13(2-4-21)8(22)5-9(13)23/h6,8-9,22-23H,1-5H2,(H2,18,19,20)/t8-,9+. The summed E-state index contributed by atoms with van der Waals surface area (Å²) in [6.45, 7) is 0.295. The molecule has 2 aliphatic rings. The van der Waals surface area contributed by atoms with Gasteiger partial charge in [0.25, 0.3) is 5.91 Å². The highest BCUT2D eigenvalue weighted by Gasteiger charge is 2.55. The number of aliphatic hydroxyl groups excluding tert-OH is 2. The van der Waals surface area contributed by atoms with Crippen molar-refractivity contribution in [3.8, 4) is 0 Å². The first-order valence-corrected chi connectivity index (χ1v) is 7.50. The Morgan fingerprint density at radius 2 is 1.88 bits per heavy atom. The molecule has 0 unspecified atom stereocenters. The van der Waals surface area contributed by atoms with Crippen LogP contribution in [0.4, 0.5) is 19.1 Å². The van der Waals surface area contributed by atoms with Crippen LogP contribution in [0.5, 0.6) is 0 Å². The van der Waals surface area contributed by atoms with Gasteiger partial charge in [-0.3, -0.25) is 4.79 Å². The number of nitrogen functional groups attached to an aromatic ring is 1. The van der Waals surface area contributed by atoms with Crippen molar-refractivity contribution >= 4 is 11.9 Å². The summed E-state index contributed by atoms with van der Waals surface area (Å²) < 4.78 is 39.2. The van der Waals surface area contributed by atoms with Crippen LogP contribution in [0.25, 0.3) is 0 Å². The van der Waals surface area contributed by atoms with Gasteiger partial charge in [-0.1, -0.05) is 0 Å². The Kier molecular flexibility index (Phi) is 3.91. The molecular weight excluding hydrogens is 329 g/mol. The van der Waals surface area contributed by atoms with Crippen LogP contribution >= 0.6 is 0 Å². The lowest BCUT2D eigenvalue weighted by atomic mass is 9.58. The van der Waals surface area contributed by atoms with Crippen LogP contribution in [-0.2, 0) is 6.18 Å². The van der Waals surface area contributed by atoms with Gasteiger partial charge in [0.05, 0.1) is 17.8 Å². The van der Waals surface area contributed by atoms with E-state index in [1.165, 1.54) is 4.90 Å². The van der Waals surface area contributed by atoms with Gasteiger partial charge in [0.2, 0.25) is 5.95 Å². The average molecular weight is 346 g/mol. The van der Waals surface area contributed by atoms with Crippen molar-refractivity contribution in [1.82, 2.24) is 14.9 Å². The minimum atomic E-state index is -4.82. The fourth-order valence-electron chi connectivity index (χ4n) is 3.47. The van der Waals surface area contributed by atoms with Crippen LogP contribution in [-0.4, -0.2) is 56.3 Å². The summed E-state index contributed by atoms with van der Waals surface area (Å²) in [5, 5.41) is 19.7. The smallest absolute Gasteiger partial charge is 0.392 e. The quantitative estimate of drug-likeness (QED) is 0.680. The maximum absolute atomic E-state index is 13.1. The molecule has 1 aliphatic carbocycles. The van der Waals surface area contributed by atoms with Gasteiger partial charge in [0, 0.05) is 31.1 Å². The van der Waals surface area contributed by atoms with Crippen molar-refractivity contribution in [3.63, 3.8) is 0 Å². The molecule has 132 valence electrons. The average Bonchev–Trinajstić information content (AvgIpc) is 2.54. The number of amides is 1. The largest absolute Gasteiger partial charge is 0.434 e. The van der Waals surface area contributed by atoms with Crippen molar-refractivity contribution in [1.29, 1.82) is 0 Å². The van der Waals surface area contributed by atoms with E-state index < -0.39 is 46.9 Å². The normalized spacial score (nSPS) is 26.3. The summed E-state index contributed by atoms with van der Waals surface area (Å²) in [7, 11) is 0. The number of carbonyl (C=O) groups excluding carboxylic acids is 1. The lowest BCUT2D eigenvalue weighted by Gasteiger charge is -2.55. The number of aliphatic hydroxyl groups is 2. The topological polar surface area (TPSA) is 113 Å². The monoisotopic (exact) mass is 346 g/mol. The Morgan fingerprint density at radius 1 is 1.29 bits per heavy atom. The first-order valence-electron chi connectivity index (χ1n) is 7.50. The Morgan fingerprint density at radius 3 is 2.38 bits per heavy atom. The number of nitrogens with zero attached hydrogens (tertiary/aromatic N) is 3. The summed E-state index contributed by atoms with van der Waals surface area (Å²) in [6.07, 6.45) is -4.37. The Labute approximate surface area is 135 Å². The molecule has 10 heteroatoms. The first kappa shape index (κ1) is 16.9. The molecule has 0 aromatic carbocycles. The molecule has 0 bridgehead atoms. The Hall–Kier alpha value is -1.94. The third kappa shape index (κ3) is 2.59. The molecule has 1 amide bonds. The number of anilines is 1. The number of halogens is 3. The summed E-state index contributed by atoms with van der Waals surface area (Å²) in [5.41, 5.74) is 2.53. The van der Waals surface area contributed by atoms with Crippen molar-refractivity contribution in [2.24, 2.45) is 5.41 Å². The maximum atomic E-state index is 13.1. The molecule has 2 atom stereocenters. The minimum absolute atomic E-state index is 0.147. The lowest BCUT2D eigenvalue weighted by Crippen LogP contribution is -2.61. The first-order chi connectivity index (χ1) is 11.1. The molecule has 1 saturated heterocycles. The van der Waals surface area contributed by atoms with Gasteiger partial charge in [-0.2, -0.15) is 13.2 Å². The van der Waals surface area contributed by atoms with E-state index >= 15 is 0 Å². The van der Waals surface area contributed by atoms with Gasteiger partial charge in [-0.25, -0.2) is 9.97 Å². The molecule has 1 aromatic rings. The van der Waals surface area contributed by atoms with Gasteiger partial charge >= 0.3 is 6.18 Å². The molecule has 3 rings (SSSR count). The van der Waals surface area contributed by atoms with Crippen molar-refractivity contribution in [3.05, 3.63) is 17.5 Å². The zero-order valence-electron chi connectivity index (χ0n) is 12.6. The van der Waals surface area contributed by atoms with E-state index in [9.17, 15) is 28.2 Å². The lowest BCUT2D eigenvalue weighted by molar-refractivity contribution is -0.187. The third-order valence-corrected chi connectivity index (χ3v) is 5.06. The fourth-order valence-corrected chi connectivity index (χ4v) is 3.47. The van der Waals surface area contributed by atoms with E-state index in [2.05, 4.69) is 9.97 Å². The molecule has 24 heavy (non-hydrogen) atoms. The number of likely N-dealkylation sites (tertiary alicyclic amines) is 1. The predicted molar refractivity (Wildman–Crippen MR) is 75.6 cm³/mol. The molecular formula is C14H17F3N4O3. The Balaban J connectivity index is 1.79. The summed E-state index contributed by atoms with van der Waals surface area (Å²) in [4.78, 5) is 20.3. The molecule has 1 aliphatic heterocycles. The van der Waals surface area contributed by atoms with Gasteiger partial charge in [-0.15, -0.1) is 0 Å². The second-order valence-corrected chi connectivity index (χ2v) is 6.28. The fraction of sp³-hybridized carbons (Fsp3) is 0.643. The van der Waals surface area contributed by atoms with Crippen LogP contribution in [0.3, 0.4) is 0 Å². The molecule has 4 N–H and O–H groups in total. The predicted octanol–water partition coefficient (Wildman–Crippen LogP) is 0.426. The minimum Gasteiger partial charge on any atom is -0.392 e. The number of carbonyl (C=O) groups is 1. The van der Waals surface area contributed by atoms with E-state index in [-0.39, 0.29) is 19.5 Å². The molecule has 1 saturated carbocycles. The van der Waals surface area contributed by atoms with Gasteiger partial charge in [0.15, 0.2) is 5.69 Å². The molecule has 1 spiro atoms. The van der Waals surface area contributed by atoms with E-state index in [0.29, 0.717) is 12.8 Å². The highest BCUT2D eigenvalue weighted by Crippen LogP contribution is 2.49. The van der Waals surface area contributed by atoms with Gasteiger partial charge in [-0.05, 0) is 12.8 Å². The molecule has 7 nitrogen and oxygen atoms in total. The molecule has 2 fully saturated rings. The summed E-state index contributed by atoms with van der Waals surface area (Å²) in [5.74, 6) is -1.39. The number of rotatable bonds is 1. The van der Waals surface area contributed by atoms with E-state index in [1.54, 1.807) is 0 Å². The molecule has 1 aromatic heterocycles. The van der Waals surface area contributed by atoms with Crippen LogP contribution in [0.15, 0.2) is 6.20 Å². The van der Waals surface area contributed by atoms with E-state index in [1.807, 2.05) is 0 Å². The van der Waals surface area contributed by atoms with Crippen molar-refractivity contribution in [2.75, 3.05) is 18.8 Å². The van der Waals surface area contributed by atoms with E-state index in [0.717, 1.165) is 6.20 Å². The molecule has 0 radical (unpaired) electrons. The van der Waals surface area contributed by atoms with Crippen molar-refractivity contribution < 1.29 is 28.2 Å². The number of hydrogen-bond acceptors (Lipinski definition) is 6. The summed E-state index contributed by atoms with van der Waals surface area (Å²) in [6, 6.07) is 0. The zero-order valence-corrected chi connectivity index (χ0v) is 12.6. The zero-order chi connectivity index (χ0) is 17.7. The van der Waals surface area contributed by atoms with Crippen LogP contribution in [0.2, 0.25) is 0 Å². The van der Waals surface area contributed by atoms with E-state index in [4.69, 9.17) is 5.73 Å². The number of alkyl halides is 3. The second kappa shape index (κ2) is 5.55. The highest BCUT2D eigenvalue weighted by molar-refractivity contribution is 5.95. The number of aromatic nitrogens is 2. The number of piperidine rings is 1. The Bertz CT molecular complexity index is 649. The van der Waals surface area contributed by atoms with Crippen LogP contribution < -0.4 is 5.73 Å².